The molecule has 2 aromatic carbocycles. The number of hydrogen-bond acceptors (Lipinski definition) is 7. The molecule has 5 rings (SSSR count). The average Bonchev–Trinajstić information content (AvgIpc) is 3.45. The van der Waals surface area contributed by atoms with Crippen molar-refractivity contribution in [1.82, 2.24) is 25.1 Å². The van der Waals surface area contributed by atoms with Gasteiger partial charge in [0, 0.05) is 37.3 Å². The third-order valence-electron chi connectivity index (χ3n) is 6.65. The highest BCUT2D eigenvalue weighted by atomic mass is 19.3. The Morgan fingerprint density at radius 1 is 0.973 bits per heavy atom. The van der Waals surface area contributed by atoms with Gasteiger partial charge in [0.1, 0.15) is 12.4 Å². The number of rotatable bonds is 7. The van der Waals surface area contributed by atoms with Crippen LogP contribution in [0.15, 0.2) is 77.5 Å². The zero-order valence-electron chi connectivity index (χ0n) is 20.0. The van der Waals surface area contributed by atoms with E-state index in [0.29, 0.717) is 43.7 Å². The maximum Gasteiger partial charge on any atom is 0.410 e. The third-order valence-corrected chi connectivity index (χ3v) is 6.65. The number of amides is 1. The summed E-state index contributed by atoms with van der Waals surface area (Å²) >= 11 is 0. The highest BCUT2D eigenvalue weighted by molar-refractivity contribution is 5.67. The highest BCUT2D eigenvalue weighted by Crippen LogP contribution is 2.38. The first kappa shape index (κ1) is 24.5. The van der Waals surface area contributed by atoms with Crippen molar-refractivity contribution in [2.24, 2.45) is 0 Å². The van der Waals surface area contributed by atoms with Gasteiger partial charge in [-0.1, -0.05) is 60.7 Å². The molecule has 0 unspecified atom stereocenters. The number of alkyl halides is 2. The number of hydrogen-bond donors (Lipinski definition) is 0. The fourth-order valence-corrected chi connectivity index (χ4v) is 4.59. The summed E-state index contributed by atoms with van der Waals surface area (Å²) in [6.45, 7) is 1.32. The molecule has 0 spiro atoms. The molecule has 37 heavy (non-hydrogen) atoms. The number of halogens is 2. The number of ether oxygens (including phenoxy) is 1. The number of piperidine rings is 1. The number of aromatic nitrogens is 4. The average molecular weight is 506 g/mol. The van der Waals surface area contributed by atoms with E-state index in [9.17, 15) is 13.6 Å². The third kappa shape index (κ3) is 5.63. The van der Waals surface area contributed by atoms with Crippen LogP contribution in [0.25, 0.3) is 11.5 Å². The van der Waals surface area contributed by atoms with E-state index in [1.54, 1.807) is 4.90 Å². The van der Waals surface area contributed by atoms with Gasteiger partial charge in [0.15, 0.2) is 0 Å². The quantitative estimate of drug-likeness (QED) is 0.333. The van der Waals surface area contributed by atoms with E-state index < -0.39 is 12.3 Å². The van der Waals surface area contributed by atoms with Crippen LogP contribution in [0.3, 0.4) is 0 Å². The Balaban J connectivity index is 1.28. The minimum absolute atomic E-state index is 0.0538. The smallest absolute Gasteiger partial charge is 0.410 e. The van der Waals surface area contributed by atoms with Gasteiger partial charge in [-0.2, -0.15) is 8.78 Å². The van der Waals surface area contributed by atoms with E-state index in [4.69, 9.17) is 9.15 Å². The molecular formula is C27H25F2N5O3. The molecule has 1 saturated heterocycles. The Kier molecular flexibility index (Phi) is 7.16. The van der Waals surface area contributed by atoms with Crippen LogP contribution in [0.2, 0.25) is 0 Å². The Morgan fingerprint density at radius 3 is 2.24 bits per heavy atom. The van der Waals surface area contributed by atoms with Crippen molar-refractivity contribution in [3.63, 3.8) is 0 Å². The second-order valence-electron chi connectivity index (χ2n) is 8.98. The largest absolute Gasteiger partial charge is 0.445 e. The lowest BCUT2D eigenvalue weighted by molar-refractivity contribution is 0.0768. The summed E-state index contributed by atoms with van der Waals surface area (Å²) in [4.78, 5) is 23.4. The van der Waals surface area contributed by atoms with E-state index in [-0.39, 0.29) is 24.0 Å². The van der Waals surface area contributed by atoms with Gasteiger partial charge < -0.3 is 14.1 Å². The number of carbonyl (C=O) groups excluding carboxylic acids is 1. The van der Waals surface area contributed by atoms with E-state index in [0.717, 1.165) is 11.1 Å². The summed E-state index contributed by atoms with van der Waals surface area (Å²) in [5.74, 6) is -0.195. The topological polar surface area (TPSA) is 94.2 Å². The zero-order chi connectivity index (χ0) is 25.7. The van der Waals surface area contributed by atoms with Crippen molar-refractivity contribution in [3.05, 3.63) is 95.9 Å². The van der Waals surface area contributed by atoms with Crippen LogP contribution in [0.4, 0.5) is 13.6 Å². The van der Waals surface area contributed by atoms with Crippen molar-refractivity contribution < 1.29 is 22.7 Å². The number of benzene rings is 2. The summed E-state index contributed by atoms with van der Waals surface area (Å²) in [6.07, 6.45) is 1.81. The minimum Gasteiger partial charge on any atom is -0.445 e. The van der Waals surface area contributed by atoms with Crippen molar-refractivity contribution in [3.8, 4) is 11.5 Å². The van der Waals surface area contributed by atoms with E-state index in [1.165, 1.54) is 12.4 Å². The molecule has 1 aliphatic rings. The number of likely N-dealkylation sites (tertiary alicyclic amines) is 1. The van der Waals surface area contributed by atoms with Gasteiger partial charge >= 0.3 is 12.5 Å². The van der Waals surface area contributed by atoms with Crippen molar-refractivity contribution in [2.45, 2.75) is 37.7 Å². The van der Waals surface area contributed by atoms with Crippen LogP contribution in [0, 0.1) is 0 Å². The van der Waals surface area contributed by atoms with Gasteiger partial charge in [0.2, 0.25) is 0 Å². The molecule has 0 N–H and O–H groups in total. The Bertz CT molecular complexity index is 1310. The first-order valence-corrected chi connectivity index (χ1v) is 12.0. The first-order valence-electron chi connectivity index (χ1n) is 12.0. The predicted molar refractivity (Wildman–Crippen MR) is 130 cm³/mol. The summed E-state index contributed by atoms with van der Waals surface area (Å²) in [5, 5.41) is 6.99. The lowest BCUT2D eigenvalue weighted by Crippen LogP contribution is -2.46. The van der Waals surface area contributed by atoms with Crippen molar-refractivity contribution >= 4 is 6.09 Å². The highest BCUT2D eigenvalue weighted by Gasteiger charge is 2.38. The van der Waals surface area contributed by atoms with Gasteiger partial charge in [0.25, 0.3) is 11.8 Å². The SMILES string of the molecule is O=C(OCc1ccccc1)N1CCC(Cc2ncc(-c3nnc(C(F)F)o3)cn2)(c2ccccc2)CC1. The summed E-state index contributed by atoms with van der Waals surface area (Å²) in [6, 6.07) is 19.7. The molecule has 190 valence electrons. The van der Waals surface area contributed by atoms with Gasteiger partial charge in [-0.15, -0.1) is 10.2 Å². The van der Waals surface area contributed by atoms with Gasteiger partial charge in [0.05, 0.1) is 5.56 Å². The van der Waals surface area contributed by atoms with Gasteiger partial charge in [-0.3, -0.25) is 0 Å². The number of nitrogens with zero attached hydrogens (tertiary/aromatic N) is 5. The molecule has 2 aromatic heterocycles. The molecule has 10 heteroatoms. The Labute approximate surface area is 212 Å². The molecule has 4 aromatic rings. The first-order chi connectivity index (χ1) is 18.0. The van der Waals surface area contributed by atoms with Crippen LogP contribution in [0.1, 0.15) is 42.1 Å². The van der Waals surface area contributed by atoms with Crippen LogP contribution in [-0.4, -0.2) is 44.2 Å². The minimum atomic E-state index is -2.84. The fourth-order valence-electron chi connectivity index (χ4n) is 4.59. The van der Waals surface area contributed by atoms with Gasteiger partial charge in [-0.25, -0.2) is 14.8 Å². The molecule has 0 saturated carbocycles. The molecule has 1 aliphatic heterocycles. The second-order valence-corrected chi connectivity index (χ2v) is 8.98. The molecule has 0 bridgehead atoms. The summed E-state index contributed by atoms with van der Waals surface area (Å²) in [7, 11) is 0. The molecular weight excluding hydrogens is 480 g/mol. The Hall–Kier alpha value is -4.21. The van der Waals surface area contributed by atoms with Crippen LogP contribution in [-0.2, 0) is 23.2 Å². The van der Waals surface area contributed by atoms with E-state index in [2.05, 4.69) is 32.3 Å². The van der Waals surface area contributed by atoms with Crippen LogP contribution >= 0.6 is 0 Å². The lowest BCUT2D eigenvalue weighted by atomic mass is 9.70. The summed E-state index contributed by atoms with van der Waals surface area (Å²) in [5.41, 5.74) is 2.19. The zero-order valence-corrected chi connectivity index (χ0v) is 20.0. The standard InChI is InChI=1S/C27H25F2N5O3/c28-23(29)25-33-32-24(37-25)20-16-30-22(31-17-20)15-27(21-9-5-2-6-10-21)11-13-34(14-12-27)26(35)36-18-19-7-3-1-4-8-19/h1-10,16-17,23H,11-15,18H2. The maximum absolute atomic E-state index is 12.8. The molecule has 3 heterocycles. The monoisotopic (exact) mass is 505 g/mol. The molecule has 1 amide bonds. The van der Waals surface area contributed by atoms with Crippen LogP contribution < -0.4 is 0 Å². The van der Waals surface area contributed by atoms with Crippen molar-refractivity contribution in [1.29, 1.82) is 0 Å². The normalized spacial score (nSPS) is 15.1. The van der Waals surface area contributed by atoms with E-state index in [1.807, 2.05) is 48.5 Å². The van der Waals surface area contributed by atoms with Gasteiger partial charge in [-0.05, 0) is 24.0 Å². The Morgan fingerprint density at radius 2 is 1.62 bits per heavy atom. The second kappa shape index (κ2) is 10.8. The maximum atomic E-state index is 12.8. The molecule has 0 atom stereocenters. The van der Waals surface area contributed by atoms with Crippen LogP contribution in [0.5, 0.6) is 0 Å². The fraction of sp³-hybridized carbons (Fsp3) is 0.296. The summed E-state index contributed by atoms with van der Waals surface area (Å²) < 4.78 is 36.0. The van der Waals surface area contributed by atoms with E-state index >= 15 is 0 Å². The predicted octanol–water partition coefficient (Wildman–Crippen LogP) is 5.38. The number of carbonyl (C=O) groups is 1. The molecule has 0 aliphatic carbocycles. The lowest BCUT2D eigenvalue weighted by Gasteiger charge is -2.41. The molecule has 0 radical (unpaired) electrons. The molecule has 8 nitrogen and oxygen atoms in total. The van der Waals surface area contributed by atoms with Crippen molar-refractivity contribution in [2.75, 3.05) is 13.1 Å². The molecule has 1 fully saturated rings.